The molecule has 1 aromatic rings. The van der Waals surface area contributed by atoms with Crippen LogP contribution in [0.4, 0.5) is 5.69 Å². The number of aromatic carboxylic acids is 1. The third kappa shape index (κ3) is 2.89. The highest BCUT2D eigenvalue weighted by Crippen LogP contribution is 2.31. The summed E-state index contributed by atoms with van der Waals surface area (Å²) in [5, 5.41) is 9.23. The van der Waals surface area contributed by atoms with Crippen LogP contribution in [0.2, 0.25) is 0 Å². The molecule has 0 bridgehead atoms. The Morgan fingerprint density at radius 2 is 1.86 bits per heavy atom. The molecule has 0 saturated carbocycles. The van der Waals surface area contributed by atoms with Gasteiger partial charge in [-0.3, -0.25) is 0 Å². The van der Waals surface area contributed by atoms with Gasteiger partial charge in [0.05, 0.1) is 10.5 Å². The molecule has 1 fully saturated rings. The van der Waals surface area contributed by atoms with Crippen LogP contribution < -0.4 is 5.73 Å². The molecule has 116 valence electrons. The van der Waals surface area contributed by atoms with Gasteiger partial charge in [-0.2, -0.15) is 4.31 Å². The van der Waals surface area contributed by atoms with Crippen molar-refractivity contribution in [2.75, 3.05) is 5.73 Å². The summed E-state index contributed by atoms with van der Waals surface area (Å²) < 4.78 is 27.2. The summed E-state index contributed by atoms with van der Waals surface area (Å²) in [4.78, 5) is 11.1. The van der Waals surface area contributed by atoms with Gasteiger partial charge < -0.3 is 10.8 Å². The van der Waals surface area contributed by atoms with Gasteiger partial charge in [-0.15, -0.1) is 0 Å². The fraction of sp³-hybridized carbons (Fsp3) is 0.500. The predicted molar refractivity (Wildman–Crippen MR) is 79.6 cm³/mol. The highest BCUT2D eigenvalue weighted by Gasteiger charge is 2.37. The first-order valence-electron chi connectivity index (χ1n) is 6.91. The number of sulfonamides is 1. The number of rotatable bonds is 3. The van der Waals surface area contributed by atoms with Gasteiger partial charge in [0, 0.05) is 17.8 Å². The van der Waals surface area contributed by atoms with Crippen molar-refractivity contribution in [3.05, 3.63) is 23.8 Å². The molecule has 0 amide bonds. The second-order valence-corrected chi connectivity index (χ2v) is 7.34. The van der Waals surface area contributed by atoms with Gasteiger partial charge in [0.2, 0.25) is 10.0 Å². The van der Waals surface area contributed by atoms with Gasteiger partial charge in [-0.1, -0.05) is 6.42 Å². The molecule has 1 aliphatic rings. The van der Waals surface area contributed by atoms with Crippen molar-refractivity contribution in [3.8, 4) is 0 Å². The first kappa shape index (κ1) is 15.8. The topological polar surface area (TPSA) is 101 Å². The number of nitrogen functional groups attached to an aromatic ring is 1. The smallest absolute Gasteiger partial charge is 0.337 e. The zero-order valence-corrected chi connectivity index (χ0v) is 12.9. The van der Waals surface area contributed by atoms with Gasteiger partial charge in [0.25, 0.3) is 0 Å². The molecule has 1 heterocycles. The van der Waals surface area contributed by atoms with Crippen LogP contribution in [-0.4, -0.2) is 35.9 Å². The minimum absolute atomic E-state index is 0.151. The second kappa shape index (κ2) is 5.65. The van der Waals surface area contributed by atoms with E-state index in [1.165, 1.54) is 22.5 Å². The number of benzene rings is 1. The number of carboxylic acids is 1. The monoisotopic (exact) mass is 312 g/mol. The Bertz CT molecular complexity index is 647. The molecule has 0 spiro atoms. The van der Waals surface area contributed by atoms with E-state index >= 15 is 0 Å². The lowest BCUT2D eigenvalue weighted by Crippen LogP contribution is -2.47. The zero-order chi connectivity index (χ0) is 15.8. The van der Waals surface area contributed by atoms with Crippen molar-refractivity contribution in [3.63, 3.8) is 0 Å². The van der Waals surface area contributed by atoms with Gasteiger partial charge in [0.1, 0.15) is 0 Å². The number of hydrogen-bond acceptors (Lipinski definition) is 4. The van der Waals surface area contributed by atoms with E-state index in [2.05, 4.69) is 0 Å². The third-order valence-corrected chi connectivity index (χ3v) is 6.07. The zero-order valence-electron chi connectivity index (χ0n) is 12.1. The molecule has 6 nitrogen and oxygen atoms in total. The molecule has 1 aliphatic heterocycles. The lowest BCUT2D eigenvalue weighted by molar-refractivity contribution is 0.0692. The Balaban J connectivity index is 2.58. The molecule has 2 rings (SSSR count). The summed E-state index contributed by atoms with van der Waals surface area (Å²) >= 11 is 0. The van der Waals surface area contributed by atoms with Crippen LogP contribution >= 0.6 is 0 Å². The number of carboxylic acid groups (broad SMARTS) is 1. The lowest BCUT2D eigenvalue weighted by Gasteiger charge is -2.37. The van der Waals surface area contributed by atoms with Crippen molar-refractivity contribution in [1.29, 1.82) is 0 Å². The molecule has 7 heteroatoms. The summed E-state index contributed by atoms with van der Waals surface area (Å²) in [6.07, 6.45) is 2.51. The molecule has 1 saturated heterocycles. The fourth-order valence-corrected chi connectivity index (χ4v) is 5.02. The van der Waals surface area contributed by atoms with Crippen LogP contribution in [0, 0.1) is 0 Å². The van der Waals surface area contributed by atoms with E-state index in [-0.39, 0.29) is 28.2 Å². The summed E-state index contributed by atoms with van der Waals surface area (Å²) in [5.74, 6) is -1.27. The molecule has 1 aromatic carbocycles. The van der Waals surface area contributed by atoms with E-state index in [4.69, 9.17) is 5.73 Å². The number of carbonyl (C=O) groups is 1. The third-order valence-electron chi connectivity index (χ3n) is 3.90. The van der Waals surface area contributed by atoms with Crippen LogP contribution in [0.1, 0.15) is 43.5 Å². The van der Waals surface area contributed by atoms with E-state index in [9.17, 15) is 18.3 Å². The molecule has 2 atom stereocenters. The molecule has 0 aliphatic carbocycles. The summed E-state index contributed by atoms with van der Waals surface area (Å²) in [7, 11) is -3.89. The SMILES string of the molecule is C[C@@H]1CCC[C@H](C)N1S(=O)(=O)c1cc(N)ccc1C(=O)O. The standard InChI is InChI=1S/C14H20N2O4S/c1-9-4-3-5-10(2)16(9)21(19,20)13-8-11(15)6-7-12(13)14(17)18/h6-10H,3-5,15H2,1-2H3,(H,17,18)/t9-,10+. The maximum Gasteiger partial charge on any atom is 0.337 e. The number of hydrogen-bond donors (Lipinski definition) is 2. The quantitative estimate of drug-likeness (QED) is 0.830. The van der Waals surface area contributed by atoms with E-state index in [1.807, 2.05) is 13.8 Å². The van der Waals surface area contributed by atoms with Gasteiger partial charge in [-0.25, -0.2) is 13.2 Å². The minimum atomic E-state index is -3.89. The molecule has 0 aromatic heterocycles. The van der Waals surface area contributed by atoms with Crippen LogP contribution in [-0.2, 0) is 10.0 Å². The van der Waals surface area contributed by atoms with Crippen molar-refractivity contribution >= 4 is 21.7 Å². The molecular weight excluding hydrogens is 292 g/mol. The largest absolute Gasteiger partial charge is 0.478 e. The number of nitrogens with two attached hydrogens (primary N) is 1. The van der Waals surface area contributed by atoms with E-state index in [1.54, 1.807) is 0 Å². The Morgan fingerprint density at radius 3 is 2.38 bits per heavy atom. The first-order valence-corrected chi connectivity index (χ1v) is 8.35. The Hall–Kier alpha value is -1.60. The van der Waals surface area contributed by atoms with Gasteiger partial charge in [0.15, 0.2) is 0 Å². The summed E-state index contributed by atoms with van der Waals surface area (Å²) in [5.41, 5.74) is 5.64. The Labute approximate surface area is 124 Å². The lowest BCUT2D eigenvalue weighted by atomic mass is 10.0. The van der Waals surface area contributed by atoms with Crippen LogP contribution in [0.3, 0.4) is 0 Å². The number of nitrogens with zero attached hydrogens (tertiary/aromatic N) is 1. The average Bonchev–Trinajstić information content (AvgIpc) is 2.37. The number of piperidine rings is 1. The minimum Gasteiger partial charge on any atom is -0.478 e. The fourth-order valence-electron chi connectivity index (χ4n) is 2.91. The van der Waals surface area contributed by atoms with Gasteiger partial charge >= 0.3 is 5.97 Å². The van der Waals surface area contributed by atoms with Crippen LogP contribution in [0.25, 0.3) is 0 Å². The maximum atomic E-state index is 12.9. The van der Waals surface area contributed by atoms with Crippen molar-refractivity contribution in [2.45, 2.75) is 50.1 Å². The van der Waals surface area contributed by atoms with Gasteiger partial charge in [-0.05, 0) is 44.9 Å². The summed E-state index contributed by atoms with van der Waals surface area (Å²) in [6.45, 7) is 3.69. The van der Waals surface area contributed by atoms with Crippen molar-refractivity contribution in [2.24, 2.45) is 0 Å². The van der Waals surface area contributed by atoms with Crippen molar-refractivity contribution in [1.82, 2.24) is 4.31 Å². The average molecular weight is 312 g/mol. The van der Waals surface area contributed by atoms with Crippen LogP contribution in [0.15, 0.2) is 23.1 Å². The normalized spacial score (nSPS) is 23.9. The molecule has 3 N–H and O–H groups in total. The first-order chi connectivity index (χ1) is 9.75. The van der Waals surface area contributed by atoms with E-state index < -0.39 is 16.0 Å². The van der Waals surface area contributed by atoms with Crippen molar-refractivity contribution < 1.29 is 18.3 Å². The molecular formula is C14H20N2O4S. The Kier molecular flexibility index (Phi) is 4.25. The summed E-state index contributed by atoms with van der Waals surface area (Å²) in [6, 6.07) is 3.56. The molecule has 0 radical (unpaired) electrons. The van der Waals surface area contributed by atoms with E-state index in [0.717, 1.165) is 19.3 Å². The number of anilines is 1. The maximum absolute atomic E-state index is 12.9. The predicted octanol–water partition coefficient (Wildman–Crippen LogP) is 1.92. The Morgan fingerprint density at radius 1 is 1.29 bits per heavy atom. The van der Waals surface area contributed by atoms with E-state index in [0.29, 0.717) is 0 Å². The highest BCUT2D eigenvalue weighted by atomic mass is 32.2. The molecule has 0 unspecified atom stereocenters. The highest BCUT2D eigenvalue weighted by molar-refractivity contribution is 7.89. The second-order valence-electron chi connectivity index (χ2n) is 5.52. The van der Waals surface area contributed by atoms with Crippen LogP contribution in [0.5, 0.6) is 0 Å². The molecule has 21 heavy (non-hydrogen) atoms.